The maximum atomic E-state index is 11.8. The first kappa shape index (κ1) is 10.7. The van der Waals surface area contributed by atoms with Gasteiger partial charge in [0.05, 0.1) is 17.4 Å². The summed E-state index contributed by atoms with van der Waals surface area (Å²) in [6.07, 6.45) is 2.55. The molecule has 0 spiro atoms. The average Bonchev–Trinajstić information content (AvgIpc) is 2.81. The highest BCUT2D eigenvalue weighted by Gasteiger charge is 2.48. The van der Waals surface area contributed by atoms with Crippen LogP contribution in [0.25, 0.3) is 0 Å². The molecule has 0 bridgehead atoms. The van der Waals surface area contributed by atoms with E-state index in [0.29, 0.717) is 5.37 Å². The number of hydrogen-bond acceptors (Lipinski definition) is 3. The summed E-state index contributed by atoms with van der Waals surface area (Å²) in [5.41, 5.74) is 2.51. The maximum absolute atomic E-state index is 11.8. The van der Waals surface area contributed by atoms with E-state index in [1.165, 1.54) is 11.3 Å². The number of carbonyl (C=O) groups excluding carboxylic acids is 1. The van der Waals surface area contributed by atoms with Crippen LogP contribution in [0.4, 0.5) is 0 Å². The zero-order chi connectivity index (χ0) is 11.3. The van der Waals surface area contributed by atoms with Crippen molar-refractivity contribution in [3.8, 4) is 0 Å². The molecular weight excluding hydrogens is 222 g/mol. The summed E-state index contributed by atoms with van der Waals surface area (Å²) in [6.45, 7) is 4.98. The molecule has 3 heterocycles. The second-order valence-electron chi connectivity index (χ2n) is 4.81. The predicted octanol–water partition coefficient (Wildman–Crippen LogP) is 1.99. The van der Waals surface area contributed by atoms with E-state index in [1.807, 2.05) is 23.6 Å². The molecule has 1 amide bonds. The van der Waals surface area contributed by atoms with Gasteiger partial charge in [0.15, 0.2) is 0 Å². The number of allylic oxidation sites excluding steroid dienone is 1. The quantitative estimate of drug-likeness (QED) is 0.655. The highest BCUT2D eigenvalue weighted by Crippen LogP contribution is 2.44. The monoisotopic (exact) mass is 239 g/mol. The molecule has 0 saturated carbocycles. The molecule has 3 aliphatic heterocycles. The topological polar surface area (TPSA) is 29.5 Å². The fourth-order valence-electron chi connectivity index (χ4n) is 2.80. The van der Waals surface area contributed by atoms with Crippen molar-refractivity contribution < 1.29 is 9.53 Å². The third-order valence-electron chi connectivity index (χ3n) is 3.86. The molecule has 2 fully saturated rings. The molecule has 3 atom stereocenters. The largest absolute Gasteiger partial charge is 0.374 e. The lowest BCUT2D eigenvalue weighted by molar-refractivity contribution is -0.145. The Bertz CT molecular complexity index is 360. The standard InChI is InChI=1S/C12H17NO2S/c1-7-11(14)13-8(2)9(6-16-12(7)13)10-4-3-5-15-10/h7,10,12H,3-6H2,1-2H3/t7-,10+,12-/m1/s1. The van der Waals surface area contributed by atoms with Crippen molar-refractivity contribution in [3.05, 3.63) is 11.3 Å². The third kappa shape index (κ3) is 1.36. The molecule has 0 radical (unpaired) electrons. The smallest absolute Gasteiger partial charge is 0.233 e. The van der Waals surface area contributed by atoms with E-state index in [9.17, 15) is 4.79 Å². The summed E-state index contributed by atoms with van der Waals surface area (Å²) in [5, 5.41) is 0.387. The highest BCUT2D eigenvalue weighted by atomic mass is 32.2. The molecule has 0 aromatic carbocycles. The normalized spacial score (nSPS) is 38.8. The Morgan fingerprint density at radius 2 is 2.31 bits per heavy atom. The minimum absolute atomic E-state index is 0.200. The number of β-lactam (4-membered cyclic amide) rings is 1. The van der Waals surface area contributed by atoms with E-state index in [-0.39, 0.29) is 17.9 Å². The van der Waals surface area contributed by atoms with E-state index in [4.69, 9.17) is 4.74 Å². The fraction of sp³-hybridized carbons (Fsp3) is 0.750. The van der Waals surface area contributed by atoms with Crippen LogP contribution in [0.5, 0.6) is 0 Å². The fourth-order valence-corrected chi connectivity index (χ4v) is 4.36. The Balaban J connectivity index is 1.86. The van der Waals surface area contributed by atoms with Crippen LogP contribution in [0.2, 0.25) is 0 Å². The first-order valence-corrected chi connectivity index (χ1v) is 7.01. The van der Waals surface area contributed by atoms with Gasteiger partial charge in [0, 0.05) is 18.1 Å². The first-order chi connectivity index (χ1) is 7.70. The second kappa shape index (κ2) is 3.77. The molecule has 0 N–H and O–H groups in total. The number of amides is 1. The van der Waals surface area contributed by atoms with Crippen LogP contribution in [-0.4, -0.2) is 34.6 Å². The number of thioether (sulfide) groups is 1. The van der Waals surface area contributed by atoms with Gasteiger partial charge in [-0.3, -0.25) is 4.79 Å². The second-order valence-corrected chi connectivity index (χ2v) is 5.92. The third-order valence-corrected chi connectivity index (χ3v) is 5.30. The minimum atomic E-state index is 0.200. The molecule has 0 aromatic rings. The molecule has 3 rings (SSSR count). The summed E-state index contributed by atoms with van der Waals surface area (Å²) in [5.74, 6) is 1.52. The van der Waals surface area contributed by atoms with E-state index in [1.54, 1.807) is 0 Å². The zero-order valence-electron chi connectivity index (χ0n) is 9.73. The van der Waals surface area contributed by atoms with Crippen molar-refractivity contribution in [3.63, 3.8) is 0 Å². The van der Waals surface area contributed by atoms with Crippen LogP contribution in [-0.2, 0) is 9.53 Å². The number of hydrogen-bond donors (Lipinski definition) is 0. The molecule has 3 nitrogen and oxygen atoms in total. The lowest BCUT2D eigenvalue weighted by Crippen LogP contribution is -2.59. The summed E-state index contributed by atoms with van der Waals surface area (Å²) < 4.78 is 5.72. The lowest BCUT2D eigenvalue weighted by atomic mass is 9.96. The molecule has 0 unspecified atom stereocenters. The van der Waals surface area contributed by atoms with Gasteiger partial charge in [-0.05, 0) is 25.3 Å². The molecular formula is C12H17NO2S. The molecule has 4 heteroatoms. The van der Waals surface area contributed by atoms with Gasteiger partial charge in [-0.15, -0.1) is 11.8 Å². The van der Waals surface area contributed by atoms with Crippen molar-refractivity contribution in [2.45, 2.75) is 38.2 Å². The maximum Gasteiger partial charge on any atom is 0.233 e. The SMILES string of the molecule is CC1=C([C@@H]2CCCO2)CS[C@@H]2[C@H](C)C(=O)N12. The van der Waals surface area contributed by atoms with Gasteiger partial charge < -0.3 is 9.64 Å². The van der Waals surface area contributed by atoms with Gasteiger partial charge in [-0.25, -0.2) is 0 Å². The Kier molecular flexibility index (Phi) is 2.51. The number of ether oxygens (including phenoxy) is 1. The Morgan fingerprint density at radius 3 is 3.00 bits per heavy atom. The van der Waals surface area contributed by atoms with Crippen molar-refractivity contribution in [2.24, 2.45) is 5.92 Å². The van der Waals surface area contributed by atoms with E-state index < -0.39 is 0 Å². The van der Waals surface area contributed by atoms with Gasteiger partial charge in [0.2, 0.25) is 5.91 Å². The van der Waals surface area contributed by atoms with E-state index >= 15 is 0 Å². The lowest BCUT2D eigenvalue weighted by Gasteiger charge is -2.49. The van der Waals surface area contributed by atoms with Gasteiger partial charge in [-0.1, -0.05) is 6.92 Å². The molecule has 88 valence electrons. The summed E-state index contributed by atoms with van der Waals surface area (Å²) in [7, 11) is 0. The van der Waals surface area contributed by atoms with Gasteiger partial charge in [0.25, 0.3) is 0 Å². The minimum Gasteiger partial charge on any atom is -0.374 e. The van der Waals surface area contributed by atoms with E-state index in [0.717, 1.165) is 25.2 Å². The van der Waals surface area contributed by atoms with E-state index in [2.05, 4.69) is 6.92 Å². The summed E-state index contributed by atoms with van der Waals surface area (Å²) >= 11 is 1.89. The Morgan fingerprint density at radius 1 is 1.50 bits per heavy atom. The molecule has 3 aliphatic rings. The van der Waals surface area contributed by atoms with Crippen molar-refractivity contribution in [2.75, 3.05) is 12.4 Å². The predicted molar refractivity (Wildman–Crippen MR) is 63.9 cm³/mol. The number of carbonyl (C=O) groups is 1. The number of nitrogens with zero attached hydrogens (tertiary/aromatic N) is 1. The molecule has 0 aliphatic carbocycles. The van der Waals surface area contributed by atoms with Crippen LogP contribution in [0.15, 0.2) is 11.3 Å². The van der Waals surface area contributed by atoms with Crippen LogP contribution < -0.4 is 0 Å². The van der Waals surface area contributed by atoms with Crippen molar-refractivity contribution in [1.29, 1.82) is 0 Å². The van der Waals surface area contributed by atoms with Crippen molar-refractivity contribution >= 4 is 17.7 Å². The molecule has 2 saturated heterocycles. The van der Waals surface area contributed by atoms with Crippen LogP contribution in [0.3, 0.4) is 0 Å². The van der Waals surface area contributed by atoms with Gasteiger partial charge in [0.1, 0.15) is 0 Å². The summed E-state index contributed by atoms with van der Waals surface area (Å²) in [4.78, 5) is 13.8. The zero-order valence-corrected chi connectivity index (χ0v) is 10.5. The molecule has 16 heavy (non-hydrogen) atoms. The highest BCUT2D eigenvalue weighted by molar-refractivity contribution is 8.00. The van der Waals surface area contributed by atoms with Crippen LogP contribution in [0.1, 0.15) is 26.7 Å². The number of rotatable bonds is 1. The summed E-state index contributed by atoms with van der Waals surface area (Å²) in [6, 6.07) is 0. The average molecular weight is 239 g/mol. The first-order valence-electron chi connectivity index (χ1n) is 5.96. The van der Waals surface area contributed by atoms with Crippen molar-refractivity contribution in [1.82, 2.24) is 4.90 Å². The van der Waals surface area contributed by atoms with Crippen LogP contribution >= 0.6 is 11.8 Å². The van der Waals surface area contributed by atoms with Gasteiger partial charge in [-0.2, -0.15) is 0 Å². The Hall–Kier alpha value is -0.480. The van der Waals surface area contributed by atoms with Crippen LogP contribution in [0, 0.1) is 5.92 Å². The molecule has 0 aromatic heterocycles. The number of fused-ring (bicyclic) bond motifs is 1. The van der Waals surface area contributed by atoms with Gasteiger partial charge >= 0.3 is 0 Å². The Labute approximate surface area is 100 Å².